The van der Waals surface area contributed by atoms with E-state index in [4.69, 9.17) is 0 Å². The lowest BCUT2D eigenvalue weighted by molar-refractivity contribution is -0.119. The van der Waals surface area contributed by atoms with Crippen molar-refractivity contribution in [1.29, 1.82) is 0 Å². The Morgan fingerprint density at radius 2 is 1.21 bits per heavy atom. The molecule has 76 valence electrons. The van der Waals surface area contributed by atoms with Gasteiger partial charge >= 0.3 is 0 Å². The van der Waals surface area contributed by atoms with Crippen LogP contribution in [0.5, 0.6) is 0 Å². The van der Waals surface area contributed by atoms with E-state index in [0.717, 1.165) is 12.8 Å². The Hall–Kier alpha value is -1.18. The molecule has 0 spiro atoms. The van der Waals surface area contributed by atoms with E-state index in [1.54, 1.807) is 0 Å². The summed E-state index contributed by atoms with van der Waals surface area (Å²) in [5.41, 5.74) is 0. The fourth-order valence-electron chi connectivity index (χ4n) is 1.36. The maximum atomic E-state index is 11.2. The third-order valence-electron chi connectivity index (χ3n) is 2.20. The van der Waals surface area contributed by atoms with Crippen LogP contribution in [-0.4, -0.2) is 11.6 Å². The highest BCUT2D eigenvalue weighted by atomic mass is 16.1. The molecule has 0 unspecified atom stereocenters. The lowest BCUT2D eigenvalue weighted by Crippen LogP contribution is -1.97. The molecule has 1 rings (SSSR count). The van der Waals surface area contributed by atoms with Crippen molar-refractivity contribution < 1.29 is 9.59 Å². The van der Waals surface area contributed by atoms with Crippen molar-refractivity contribution in [2.24, 2.45) is 0 Å². The fraction of sp³-hybridized carbons (Fsp3) is 0.500. The van der Waals surface area contributed by atoms with Gasteiger partial charge in [-0.1, -0.05) is 24.3 Å². The predicted octanol–water partition coefficient (Wildman–Crippen LogP) is 2.59. The summed E-state index contributed by atoms with van der Waals surface area (Å²) in [4.78, 5) is 22.4. The normalized spacial score (nSPS) is 24.9. The average molecular weight is 192 g/mol. The molecule has 14 heavy (non-hydrogen) atoms. The molecule has 0 aromatic rings. The van der Waals surface area contributed by atoms with Gasteiger partial charge in [0.05, 0.1) is 0 Å². The minimum atomic E-state index is 0.240. The molecule has 0 saturated carbocycles. The van der Waals surface area contributed by atoms with Gasteiger partial charge in [0, 0.05) is 25.7 Å². The second-order valence-corrected chi connectivity index (χ2v) is 3.51. The van der Waals surface area contributed by atoms with E-state index in [1.165, 1.54) is 0 Å². The van der Waals surface area contributed by atoms with Crippen molar-refractivity contribution >= 4 is 11.6 Å². The second kappa shape index (κ2) is 6.30. The lowest BCUT2D eigenvalue weighted by atomic mass is 10.1. The predicted molar refractivity (Wildman–Crippen MR) is 56.0 cm³/mol. The van der Waals surface area contributed by atoms with E-state index < -0.39 is 0 Å². The minimum absolute atomic E-state index is 0.240. The van der Waals surface area contributed by atoms with E-state index in [2.05, 4.69) is 0 Å². The van der Waals surface area contributed by atoms with Crippen LogP contribution < -0.4 is 0 Å². The number of allylic oxidation sites excluding steroid dienone is 4. The number of hydrogen-bond acceptors (Lipinski definition) is 2. The van der Waals surface area contributed by atoms with Gasteiger partial charge in [-0.05, 0) is 12.8 Å². The van der Waals surface area contributed by atoms with E-state index in [9.17, 15) is 9.59 Å². The molecule has 0 amide bonds. The van der Waals surface area contributed by atoms with Gasteiger partial charge in [-0.3, -0.25) is 9.59 Å². The molecule has 0 N–H and O–H groups in total. The van der Waals surface area contributed by atoms with Crippen LogP contribution in [0, 0.1) is 0 Å². The highest BCUT2D eigenvalue weighted by Gasteiger charge is 2.00. The number of Topliss-reactive ketones (excluding diaryl/α,β-unsaturated/α-hetero) is 2. The summed E-state index contributed by atoms with van der Waals surface area (Å²) < 4.78 is 0. The summed E-state index contributed by atoms with van der Waals surface area (Å²) in [6.07, 6.45) is 11.4. The number of ketones is 2. The highest BCUT2D eigenvalue weighted by molar-refractivity contribution is 5.81. The molecule has 2 nitrogen and oxygen atoms in total. The van der Waals surface area contributed by atoms with E-state index in [1.807, 2.05) is 24.3 Å². The van der Waals surface area contributed by atoms with Crippen LogP contribution >= 0.6 is 0 Å². The fourth-order valence-corrected chi connectivity index (χ4v) is 1.36. The largest absolute Gasteiger partial charge is 0.300 e. The maximum Gasteiger partial charge on any atom is 0.140 e. The maximum absolute atomic E-state index is 11.2. The molecule has 0 aromatic carbocycles. The molecule has 0 bridgehead atoms. The summed E-state index contributed by atoms with van der Waals surface area (Å²) in [5, 5.41) is 0. The average Bonchev–Trinajstić information content (AvgIpc) is 2.14. The Bertz CT molecular complexity index is 237. The van der Waals surface area contributed by atoms with Crippen molar-refractivity contribution in [3.05, 3.63) is 24.3 Å². The van der Waals surface area contributed by atoms with Gasteiger partial charge < -0.3 is 0 Å². The zero-order valence-electron chi connectivity index (χ0n) is 8.37. The molecule has 0 fully saturated rings. The lowest BCUT2D eigenvalue weighted by Gasteiger charge is -1.97. The van der Waals surface area contributed by atoms with Crippen LogP contribution in [0.25, 0.3) is 0 Å². The number of rotatable bonds is 0. The van der Waals surface area contributed by atoms with Gasteiger partial charge in [-0.25, -0.2) is 0 Å². The van der Waals surface area contributed by atoms with Crippen molar-refractivity contribution in [2.45, 2.75) is 38.5 Å². The summed E-state index contributed by atoms with van der Waals surface area (Å²) in [5.74, 6) is 0.551. The van der Waals surface area contributed by atoms with Gasteiger partial charge in [0.2, 0.25) is 0 Å². The van der Waals surface area contributed by atoms with Crippen LogP contribution in [0.4, 0.5) is 0 Å². The molecule has 0 atom stereocenters. The summed E-state index contributed by atoms with van der Waals surface area (Å²) in [6.45, 7) is 0. The van der Waals surface area contributed by atoms with Gasteiger partial charge in [0.1, 0.15) is 11.6 Å². The topological polar surface area (TPSA) is 34.1 Å². The molecular formula is C12H16O2. The van der Waals surface area contributed by atoms with Crippen molar-refractivity contribution in [3.8, 4) is 0 Å². The van der Waals surface area contributed by atoms with Crippen molar-refractivity contribution in [3.63, 3.8) is 0 Å². The molecular weight excluding hydrogens is 176 g/mol. The monoisotopic (exact) mass is 192 g/mol. The summed E-state index contributed by atoms with van der Waals surface area (Å²) >= 11 is 0. The Labute approximate surface area is 84.7 Å². The van der Waals surface area contributed by atoms with Crippen molar-refractivity contribution in [1.82, 2.24) is 0 Å². The van der Waals surface area contributed by atoms with Gasteiger partial charge in [0.25, 0.3) is 0 Å². The molecule has 1 aliphatic rings. The van der Waals surface area contributed by atoms with Crippen LogP contribution in [0.15, 0.2) is 24.3 Å². The molecule has 1 aliphatic carbocycles. The van der Waals surface area contributed by atoms with E-state index in [-0.39, 0.29) is 5.78 Å². The molecule has 0 aromatic heterocycles. The molecule has 0 saturated heterocycles. The first-order valence-corrected chi connectivity index (χ1v) is 5.12. The van der Waals surface area contributed by atoms with Gasteiger partial charge in [-0.15, -0.1) is 0 Å². The minimum Gasteiger partial charge on any atom is -0.300 e. The number of hydrogen-bond donors (Lipinski definition) is 0. The molecule has 2 heteroatoms. The zero-order valence-corrected chi connectivity index (χ0v) is 8.37. The first kappa shape index (κ1) is 10.9. The number of carbonyl (C=O) groups is 2. The Morgan fingerprint density at radius 3 is 1.71 bits per heavy atom. The first-order valence-electron chi connectivity index (χ1n) is 5.12. The summed E-state index contributed by atoms with van der Waals surface area (Å²) in [6, 6.07) is 0. The Kier molecular flexibility index (Phi) is 4.90. The van der Waals surface area contributed by atoms with Crippen LogP contribution in [-0.2, 0) is 9.59 Å². The third-order valence-corrected chi connectivity index (χ3v) is 2.20. The molecule has 0 aliphatic heterocycles. The van der Waals surface area contributed by atoms with E-state index >= 15 is 0 Å². The quantitative estimate of drug-likeness (QED) is 0.553. The summed E-state index contributed by atoms with van der Waals surface area (Å²) in [7, 11) is 0. The van der Waals surface area contributed by atoms with Gasteiger partial charge in [-0.2, -0.15) is 0 Å². The van der Waals surface area contributed by atoms with E-state index in [0.29, 0.717) is 31.5 Å². The standard InChI is InChI=1S/C12H16O2/c13-11-7-3-1-4-8-12(14)10-6-2-5-9-11/h1-3,5H,4,6-10H2/b3-1-,5-2+. The number of carbonyl (C=O) groups excluding carboxylic acids is 2. The van der Waals surface area contributed by atoms with Crippen LogP contribution in [0.2, 0.25) is 0 Å². The highest BCUT2D eigenvalue weighted by Crippen LogP contribution is 2.04. The molecule has 0 heterocycles. The zero-order chi connectivity index (χ0) is 10.2. The first-order chi connectivity index (χ1) is 6.79. The van der Waals surface area contributed by atoms with Crippen LogP contribution in [0.3, 0.4) is 0 Å². The molecule has 0 radical (unpaired) electrons. The second-order valence-electron chi connectivity index (χ2n) is 3.51. The Balaban J connectivity index is 2.46. The Morgan fingerprint density at radius 1 is 0.714 bits per heavy atom. The SMILES string of the molecule is O=C1C/C=C\CCC(=O)CC/C=C/C1. The van der Waals surface area contributed by atoms with Crippen molar-refractivity contribution in [2.75, 3.05) is 0 Å². The smallest absolute Gasteiger partial charge is 0.140 e. The van der Waals surface area contributed by atoms with Crippen LogP contribution in [0.1, 0.15) is 38.5 Å². The third kappa shape index (κ3) is 4.75. The van der Waals surface area contributed by atoms with Gasteiger partial charge in [0.15, 0.2) is 0 Å².